The van der Waals surface area contributed by atoms with Crippen molar-refractivity contribution in [3.63, 3.8) is 0 Å². The standard InChI is InChI=1S/C8H10O.C6H12O/c1-9-7-8-5-3-2-4-6-8;1-2-3-4-5-6-7/h2-6H,7H2,1H3;2,7H,1,3-6H2. The number of benzene rings is 1. The Morgan fingerprint density at radius 2 is 1.94 bits per heavy atom. The highest BCUT2D eigenvalue weighted by molar-refractivity contribution is 5.13. The summed E-state index contributed by atoms with van der Waals surface area (Å²) in [4.78, 5) is 0. The topological polar surface area (TPSA) is 29.5 Å². The molecule has 0 bridgehead atoms. The van der Waals surface area contributed by atoms with Crippen LogP contribution in [0.4, 0.5) is 0 Å². The summed E-state index contributed by atoms with van der Waals surface area (Å²) in [6, 6.07) is 10.1. The maximum Gasteiger partial charge on any atom is 0.0713 e. The lowest BCUT2D eigenvalue weighted by atomic mass is 10.2. The number of aliphatic hydroxyl groups is 1. The second kappa shape index (κ2) is 12.0. The zero-order chi connectivity index (χ0) is 12.1. The molecule has 0 radical (unpaired) electrons. The molecule has 0 fully saturated rings. The summed E-state index contributed by atoms with van der Waals surface area (Å²) in [7, 11) is 1.70. The molecule has 0 aliphatic rings. The summed E-state index contributed by atoms with van der Waals surface area (Å²) in [6.45, 7) is 4.57. The maximum absolute atomic E-state index is 8.26. The lowest BCUT2D eigenvalue weighted by molar-refractivity contribution is 0.185. The number of aliphatic hydroxyl groups excluding tert-OH is 1. The Bertz CT molecular complexity index is 244. The number of hydrogen-bond donors (Lipinski definition) is 1. The Kier molecular flexibility index (Phi) is 11.1. The molecule has 16 heavy (non-hydrogen) atoms. The second-order valence-electron chi connectivity index (χ2n) is 3.43. The van der Waals surface area contributed by atoms with Gasteiger partial charge in [-0.25, -0.2) is 0 Å². The molecule has 1 N–H and O–H groups in total. The van der Waals surface area contributed by atoms with E-state index in [9.17, 15) is 0 Å². The van der Waals surface area contributed by atoms with E-state index >= 15 is 0 Å². The van der Waals surface area contributed by atoms with Crippen molar-refractivity contribution in [2.24, 2.45) is 0 Å². The van der Waals surface area contributed by atoms with Crippen molar-refractivity contribution in [1.29, 1.82) is 0 Å². The molecule has 90 valence electrons. The first-order chi connectivity index (χ1) is 7.85. The Morgan fingerprint density at radius 1 is 1.25 bits per heavy atom. The van der Waals surface area contributed by atoms with E-state index in [2.05, 4.69) is 6.58 Å². The van der Waals surface area contributed by atoms with Crippen LogP contribution < -0.4 is 0 Å². The molecule has 0 aliphatic carbocycles. The van der Waals surface area contributed by atoms with Crippen LogP contribution >= 0.6 is 0 Å². The lowest BCUT2D eigenvalue weighted by Crippen LogP contribution is -1.84. The van der Waals surface area contributed by atoms with E-state index in [0.29, 0.717) is 13.2 Å². The maximum atomic E-state index is 8.26. The monoisotopic (exact) mass is 222 g/mol. The first kappa shape index (κ1) is 14.9. The molecule has 1 aromatic carbocycles. The van der Waals surface area contributed by atoms with Gasteiger partial charge in [-0.2, -0.15) is 0 Å². The molecule has 0 aliphatic heterocycles. The molecule has 0 saturated carbocycles. The zero-order valence-corrected chi connectivity index (χ0v) is 10.1. The van der Waals surface area contributed by atoms with E-state index in [1.54, 1.807) is 7.11 Å². The van der Waals surface area contributed by atoms with Crippen LogP contribution in [0.25, 0.3) is 0 Å². The van der Waals surface area contributed by atoms with E-state index in [-0.39, 0.29) is 0 Å². The van der Waals surface area contributed by atoms with E-state index < -0.39 is 0 Å². The molecule has 2 heteroatoms. The molecule has 0 saturated heterocycles. The third-order valence-electron chi connectivity index (χ3n) is 1.97. The fourth-order valence-electron chi connectivity index (χ4n) is 1.14. The van der Waals surface area contributed by atoms with Crippen molar-refractivity contribution < 1.29 is 9.84 Å². The van der Waals surface area contributed by atoms with E-state index in [0.717, 1.165) is 19.3 Å². The number of allylic oxidation sites excluding steroid dienone is 1. The van der Waals surface area contributed by atoms with Crippen molar-refractivity contribution in [1.82, 2.24) is 0 Å². The van der Waals surface area contributed by atoms with Gasteiger partial charge in [-0.3, -0.25) is 0 Å². The lowest BCUT2D eigenvalue weighted by Gasteiger charge is -1.95. The summed E-state index contributed by atoms with van der Waals surface area (Å²) in [5.41, 5.74) is 1.22. The number of rotatable bonds is 6. The minimum atomic E-state index is 0.313. The van der Waals surface area contributed by atoms with Crippen LogP contribution in [0.5, 0.6) is 0 Å². The Morgan fingerprint density at radius 3 is 2.44 bits per heavy atom. The molecule has 0 heterocycles. The number of hydrogen-bond acceptors (Lipinski definition) is 2. The van der Waals surface area contributed by atoms with Crippen LogP contribution in [-0.2, 0) is 11.3 Å². The minimum absolute atomic E-state index is 0.313. The van der Waals surface area contributed by atoms with Crippen LogP contribution in [-0.4, -0.2) is 18.8 Å². The Balaban J connectivity index is 0.000000293. The van der Waals surface area contributed by atoms with Crippen molar-refractivity contribution in [2.75, 3.05) is 13.7 Å². The van der Waals surface area contributed by atoms with Gasteiger partial charge in [-0.1, -0.05) is 36.4 Å². The molecular formula is C14H22O2. The predicted molar refractivity (Wildman–Crippen MR) is 68.3 cm³/mol. The van der Waals surface area contributed by atoms with Crippen LogP contribution in [0, 0.1) is 0 Å². The molecular weight excluding hydrogens is 200 g/mol. The molecule has 1 rings (SSSR count). The highest BCUT2D eigenvalue weighted by atomic mass is 16.5. The van der Waals surface area contributed by atoms with Crippen LogP contribution in [0.15, 0.2) is 43.0 Å². The second-order valence-corrected chi connectivity index (χ2v) is 3.43. The van der Waals surface area contributed by atoms with Crippen molar-refractivity contribution in [3.8, 4) is 0 Å². The fraction of sp³-hybridized carbons (Fsp3) is 0.429. The molecule has 0 aromatic heterocycles. The first-order valence-electron chi connectivity index (χ1n) is 5.59. The van der Waals surface area contributed by atoms with Crippen LogP contribution in [0.1, 0.15) is 24.8 Å². The van der Waals surface area contributed by atoms with Gasteiger partial charge >= 0.3 is 0 Å². The van der Waals surface area contributed by atoms with Gasteiger partial charge in [-0.05, 0) is 24.8 Å². The van der Waals surface area contributed by atoms with Gasteiger partial charge in [0.05, 0.1) is 6.61 Å². The Labute approximate surface area is 98.6 Å². The van der Waals surface area contributed by atoms with E-state index in [1.807, 2.05) is 36.4 Å². The SMILES string of the molecule is C=CCCCCO.COCc1ccccc1. The van der Waals surface area contributed by atoms with Crippen molar-refractivity contribution in [3.05, 3.63) is 48.6 Å². The van der Waals surface area contributed by atoms with Crippen LogP contribution in [0.2, 0.25) is 0 Å². The molecule has 0 spiro atoms. The van der Waals surface area contributed by atoms with Crippen LogP contribution in [0.3, 0.4) is 0 Å². The minimum Gasteiger partial charge on any atom is -0.396 e. The van der Waals surface area contributed by atoms with Crippen molar-refractivity contribution in [2.45, 2.75) is 25.9 Å². The summed E-state index contributed by atoms with van der Waals surface area (Å²) >= 11 is 0. The van der Waals surface area contributed by atoms with Crippen molar-refractivity contribution >= 4 is 0 Å². The summed E-state index contributed by atoms with van der Waals surface area (Å²) < 4.78 is 4.93. The molecule has 2 nitrogen and oxygen atoms in total. The van der Waals surface area contributed by atoms with Gasteiger partial charge < -0.3 is 9.84 Å². The Hall–Kier alpha value is -1.12. The molecule has 1 aromatic rings. The molecule has 0 atom stereocenters. The highest BCUT2D eigenvalue weighted by Crippen LogP contribution is 1.98. The number of ether oxygens (including phenoxy) is 1. The average Bonchev–Trinajstić information content (AvgIpc) is 2.32. The largest absolute Gasteiger partial charge is 0.396 e. The third-order valence-corrected chi connectivity index (χ3v) is 1.97. The summed E-state index contributed by atoms with van der Waals surface area (Å²) in [6.07, 6.45) is 4.88. The molecule has 0 unspecified atom stereocenters. The quantitative estimate of drug-likeness (QED) is 0.591. The van der Waals surface area contributed by atoms with Gasteiger partial charge in [0, 0.05) is 13.7 Å². The first-order valence-corrected chi connectivity index (χ1v) is 5.59. The smallest absolute Gasteiger partial charge is 0.0713 e. The summed E-state index contributed by atoms with van der Waals surface area (Å²) in [5.74, 6) is 0. The van der Waals surface area contributed by atoms with Gasteiger partial charge in [0.15, 0.2) is 0 Å². The predicted octanol–water partition coefficient (Wildman–Crippen LogP) is 3.17. The van der Waals surface area contributed by atoms with Gasteiger partial charge in [0.25, 0.3) is 0 Å². The normalized spacial score (nSPS) is 9.12. The third kappa shape index (κ3) is 9.44. The van der Waals surface area contributed by atoms with Gasteiger partial charge in [-0.15, -0.1) is 6.58 Å². The van der Waals surface area contributed by atoms with Gasteiger partial charge in [0.1, 0.15) is 0 Å². The number of unbranched alkanes of at least 4 members (excludes halogenated alkanes) is 2. The zero-order valence-electron chi connectivity index (χ0n) is 10.1. The highest BCUT2D eigenvalue weighted by Gasteiger charge is 1.84. The molecule has 0 amide bonds. The summed E-state index contributed by atoms with van der Waals surface area (Å²) in [5, 5.41) is 8.26. The average molecular weight is 222 g/mol. The van der Waals surface area contributed by atoms with E-state index in [4.69, 9.17) is 9.84 Å². The number of methoxy groups -OCH3 is 1. The van der Waals surface area contributed by atoms with E-state index in [1.165, 1.54) is 5.56 Å². The van der Waals surface area contributed by atoms with Gasteiger partial charge in [0.2, 0.25) is 0 Å². The fourth-order valence-corrected chi connectivity index (χ4v) is 1.14.